The number of hydrogen-bond donors (Lipinski definition) is 3. The van der Waals surface area contributed by atoms with E-state index in [9.17, 15) is 14.7 Å². The van der Waals surface area contributed by atoms with E-state index >= 15 is 0 Å². The molecule has 1 aromatic carbocycles. The van der Waals surface area contributed by atoms with Crippen molar-refractivity contribution in [3.05, 3.63) is 57.4 Å². The maximum atomic E-state index is 13.0. The molecule has 0 saturated carbocycles. The van der Waals surface area contributed by atoms with E-state index in [-0.39, 0.29) is 17.6 Å². The minimum Gasteiger partial charge on any atom is -0.493 e. The second kappa shape index (κ2) is 11.2. The van der Waals surface area contributed by atoms with Crippen molar-refractivity contribution in [2.24, 2.45) is 11.1 Å². The number of aromatic hydroxyl groups is 1. The highest BCUT2D eigenvalue weighted by atomic mass is 35.5. The Hall–Kier alpha value is -3.19. The average Bonchev–Trinajstić information content (AvgIpc) is 3.24. The Morgan fingerprint density at radius 1 is 1.22 bits per heavy atom. The van der Waals surface area contributed by atoms with E-state index in [0.717, 1.165) is 43.7 Å². The summed E-state index contributed by atoms with van der Waals surface area (Å²) in [7, 11) is 0. The number of nitrogens with one attached hydrogen (secondary N) is 1. The SMILES string of the molecule is C[C@@H]1OCC2(CCN(c3ncc(Sc4cccc(NC(=O)c5c(O)nc6n(c5=O)CCCC6)c4Cl)cn3)CC2)[C@@H]1N. The van der Waals surface area contributed by atoms with Gasteiger partial charge in [-0.05, 0) is 44.7 Å². The molecule has 3 aliphatic rings. The first-order valence-electron chi connectivity index (χ1n) is 13.8. The highest BCUT2D eigenvalue weighted by Gasteiger charge is 2.47. The molecule has 216 valence electrons. The van der Waals surface area contributed by atoms with Gasteiger partial charge in [-0.3, -0.25) is 14.2 Å². The summed E-state index contributed by atoms with van der Waals surface area (Å²) in [5.41, 5.74) is 5.84. The van der Waals surface area contributed by atoms with Crippen LogP contribution in [-0.2, 0) is 17.7 Å². The van der Waals surface area contributed by atoms with Gasteiger partial charge >= 0.3 is 0 Å². The van der Waals surface area contributed by atoms with Crippen LogP contribution >= 0.6 is 23.4 Å². The number of hydrogen-bond acceptors (Lipinski definition) is 10. The number of fused-ring (bicyclic) bond motifs is 1. The lowest BCUT2D eigenvalue weighted by atomic mass is 9.73. The number of carbonyl (C=O) groups is 1. The molecule has 11 nitrogen and oxygen atoms in total. The zero-order valence-electron chi connectivity index (χ0n) is 22.7. The maximum Gasteiger partial charge on any atom is 0.270 e. The Balaban J connectivity index is 1.13. The van der Waals surface area contributed by atoms with Crippen molar-refractivity contribution in [1.82, 2.24) is 19.5 Å². The van der Waals surface area contributed by atoms with Crippen LogP contribution in [0.1, 0.15) is 48.8 Å². The summed E-state index contributed by atoms with van der Waals surface area (Å²) in [5.74, 6) is -0.175. The van der Waals surface area contributed by atoms with Crippen LogP contribution in [0.2, 0.25) is 5.02 Å². The summed E-state index contributed by atoms with van der Waals surface area (Å²) in [6.07, 6.45) is 7.77. The average molecular weight is 598 g/mol. The Kier molecular flexibility index (Phi) is 7.66. The largest absolute Gasteiger partial charge is 0.493 e. The van der Waals surface area contributed by atoms with E-state index in [2.05, 4.69) is 25.2 Å². The third kappa shape index (κ3) is 5.29. The van der Waals surface area contributed by atoms with E-state index in [1.807, 2.05) is 13.0 Å². The standard InChI is InChI=1S/C28H32ClN7O4S/c1-16-23(30)28(15-40-16)8-11-35(12-9-28)27-31-13-17(14-32-27)41-19-6-4-5-18(22(19)29)33-24(37)21-25(38)34-20-7-2-3-10-36(20)26(21)39/h4-6,13-14,16,23,38H,2-3,7-12,15,30H2,1H3,(H,33,37)/t16-,23+/m0/s1. The van der Waals surface area contributed by atoms with Crippen LogP contribution in [0.3, 0.4) is 0 Å². The summed E-state index contributed by atoms with van der Waals surface area (Å²) < 4.78 is 7.28. The molecular weight excluding hydrogens is 566 g/mol. The molecule has 2 aromatic heterocycles. The van der Waals surface area contributed by atoms with Crippen LogP contribution in [0.5, 0.6) is 5.88 Å². The molecule has 41 heavy (non-hydrogen) atoms. The van der Waals surface area contributed by atoms with Crippen LogP contribution in [0, 0.1) is 5.41 Å². The van der Waals surface area contributed by atoms with Gasteiger partial charge in [0.1, 0.15) is 5.82 Å². The molecule has 2 saturated heterocycles. The monoisotopic (exact) mass is 597 g/mol. The van der Waals surface area contributed by atoms with Crippen molar-refractivity contribution < 1.29 is 14.6 Å². The normalized spacial score (nSPS) is 21.6. The maximum absolute atomic E-state index is 13.0. The van der Waals surface area contributed by atoms with Crippen LogP contribution in [-0.4, -0.2) is 62.4 Å². The molecule has 0 radical (unpaired) electrons. The van der Waals surface area contributed by atoms with Gasteiger partial charge in [-0.1, -0.05) is 29.4 Å². The molecule has 4 N–H and O–H groups in total. The number of nitrogens with zero attached hydrogens (tertiary/aromatic N) is 5. The predicted octanol–water partition coefficient (Wildman–Crippen LogP) is 3.46. The highest BCUT2D eigenvalue weighted by molar-refractivity contribution is 7.99. The third-order valence-electron chi connectivity index (χ3n) is 8.43. The number of halogens is 1. The van der Waals surface area contributed by atoms with Gasteiger partial charge in [0.25, 0.3) is 11.5 Å². The van der Waals surface area contributed by atoms with Crippen molar-refractivity contribution >= 4 is 40.9 Å². The fourth-order valence-corrected chi connectivity index (χ4v) is 7.01. The number of piperidine rings is 1. The number of nitrogens with two attached hydrogens (primary N) is 1. The number of amides is 1. The van der Waals surface area contributed by atoms with Crippen LogP contribution < -0.4 is 21.5 Å². The van der Waals surface area contributed by atoms with Crippen molar-refractivity contribution in [2.45, 2.75) is 67.5 Å². The quantitative estimate of drug-likeness (QED) is 0.399. The lowest BCUT2D eigenvalue weighted by Crippen LogP contribution is -2.50. The minimum absolute atomic E-state index is 0.0339. The molecule has 1 amide bonds. The fraction of sp³-hybridized carbons (Fsp3) is 0.464. The highest BCUT2D eigenvalue weighted by Crippen LogP contribution is 2.42. The Morgan fingerprint density at radius 2 is 1.98 bits per heavy atom. The van der Waals surface area contributed by atoms with Crippen molar-refractivity contribution in [1.29, 1.82) is 0 Å². The summed E-state index contributed by atoms with van der Waals surface area (Å²) in [4.78, 5) is 42.9. The molecule has 0 aliphatic carbocycles. The Bertz CT molecular complexity index is 1530. The van der Waals surface area contributed by atoms with E-state index < -0.39 is 22.9 Å². The summed E-state index contributed by atoms with van der Waals surface area (Å²) in [6.45, 7) is 4.87. The van der Waals surface area contributed by atoms with E-state index in [4.69, 9.17) is 22.1 Å². The predicted molar refractivity (Wildman–Crippen MR) is 156 cm³/mol. The van der Waals surface area contributed by atoms with Gasteiger partial charge in [-0.15, -0.1) is 0 Å². The molecule has 2 fully saturated rings. The summed E-state index contributed by atoms with van der Waals surface area (Å²) >= 11 is 8.01. The fourth-order valence-electron chi connectivity index (χ4n) is 5.91. The minimum atomic E-state index is -0.763. The van der Waals surface area contributed by atoms with Crippen LogP contribution in [0.25, 0.3) is 0 Å². The van der Waals surface area contributed by atoms with Crippen molar-refractivity contribution in [2.75, 3.05) is 29.9 Å². The molecule has 0 bridgehead atoms. The van der Waals surface area contributed by atoms with Gasteiger partial charge in [-0.2, -0.15) is 4.98 Å². The lowest BCUT2D eigenvalue weighted by Gasteiger charge is -2.41. The molecule has 1 spiro atoms. The topological polar surface area (TPSA) is 148 Å². The Morgan fingerprint density at radius 3 is 2.68 bits per heavy atom. The molecule has 5 heterocycles. The molecular formula is C28H32ClN7O4S. The zero-order chi connectivity index (χ0) is 28.7. The zero-order valence-corrected chi connectivity index (χ0v) is 24.2. The van der Waals surface area contributed by atoms with E-state index in [1.54, 1.807) is 24.5 Å². The van der Waals surface area contributed by atoms with E-state index in [1.165, 1.54) is 16.3 Å². The van der Waals surface area contributed by atoms with Gasteiger partial charge in [-0.25, -0.2) is 9.97 Å². The molecule has 0 unspecified atom stereocenters. The number of anilines is 2. The van der Waals surface area contributed by atoms with Crippen LogP contribution in [0.4, 0.5) is 11.6 Å². The second-order valence-electron chi connectivity index (χ2n) is 10.9. The second-order valence-corrected chi connectivity index (χ2v) is 12.4. The van der Waals surface area contributed by atoms with Gasteiger partial charge in [0.05, 0.1) is 23.4 Å². The first kappa shape index (κ1) is 28.0. The summed E-state index contributed by atoms with van der Waals surface area (Å²) in [6, 6.07) is 5.26. The number of carbonyl (C=O) groups excluding carboxylic acids is 1. The first-order chi connectivity index (χ1) is 19.8. The molecule has 3 aromatic rings. The van der Waals surface area contributed by atoms with Gasteiger partial charge < -0.3 is 25.8 Å². The van der Waals surface area contributed by atoms with Crippen molar-refractivity contribution in [3.8, 4) is 5.88 Å². The number of rotatable bonds is 5. The Labute approximate surface area is 246 Å². The number of benzene rings is 1. The smallest absolute Gasteiger partial charge is 0.270 e. The number of aryl methyl sites for hydroxylation is 1. The van der Waals surface area contributed by atoms with Crippen molar-refractivity contribution in [3.63, 3.8) is 0 Å². The molecule has 6 rings (SSSR count). The first-order valence-corrected chi connectivity index (χ1v) is 15.0. The number of ether oxygens (including phenoxy) is 1. The molecule has 13 heteroatoms. The van der Waals surface area contributed by atoms with E-state index in [0.29, 0.717) is 47.0 Å². The third-order valence-corrected chi connectivity index (χ3v) is 9.96. The van der Waals surface area contributed by atoms with Gasteiger partial charge in [0.15, 0.2) is 5.56 Å². The summed E-state index contributed by atoms with van der Waals surface area (Å²) in [5, 5.41) is 13.3. The van der Waals surface area contributed by atoms with Gasteiger partial charge in [0, 0.05) is 59.7 Å². The molecule has 3 aliphatic heterocycles. The number of aromatic nitrogens is 4. The molecule has 2 atom stereocenters. The van der Waals surface area contributed by atoms with Crippen LogP contribution in [0.15, 0.2) is 45.2 Å². The lowest BCUT2D eigenvalue weighted by molar-refractivity contribution is 0.0973. The van der Waals surface area contributed by atoms with Gasteiger partial charge in [0.2, 0.25) is 11.8 Å².